The van der Waals surface area contributed by atoms with Crippen molar-refractivity contribution < 1.29 is 14.3 Å². The number of ether oxygens (including phenoxy) is 2. The van der Waals surface area contributed by atoms with E-state index in [9.17, 15) is 4.79 Å². The Balaban J connectivity index is 1.54. The first kappa shape index (κ1) is 23.1. The number of hydrogen-bond acceptors (Lipinski definition) is 5. The molecule has 1 N–H and O–H groups in total. The number of esters is 1. The first-order valence-electron chi connectivity index (χ1n) is 12.9. The zero-order valence-electron chi connectivity index (χ0n) is 21.6. The quantitative estimate of drug-likeness (QED) is 0.251. The molecule has 2 heterocycles. The Hall–Kier alpha value is -5.03. The van der Waals surface area contributed by atoms with Gasteiger partial charge in [0.2, 0.25) is 0 Å². The van der Waals surface area contributed by atoms with Crippen LogP contribution in [0.5, 0.6) is 11.5 Å². The first-order valence-corrected chi connectivity index (χ1v) is 12.9. The second-order valence-electron chi connectivity index (χ2n) is 10.0. The van der Waals surface area contributed by atoms with Crippen LogP contribution in [0.3, 0.4) is 0 Å². The van der Waals surface area contributed by atoms with E-state index in [0.717, 1.165) is 44.9 Å². The van der Waals surface area contributed by atoms with Crippen LogP contribution < -0.4 is 15.0 Å². The minimum Gasteiger partial charge on any atom is -0.456 e. The molecule has 0 amide bonds. The summed E-state index contributed by atoms with van der Waals surface area (Å²) in [7, 11) is 4.02. The van der Waals surface area contributed by atoms with Crippen molar-refractivity contribution in [1.29, 1.82) is 0 Å². The number of benzene rings is 5. The molecule has 2 aliphatic rings. The van der Waals surface area contributed by atoms with Crippen LogP contribution in [0.1, 0.15) is 27.0 Å². The Kier molecular flexibility index (Phi) is 5.20. The third-order valence-corrected chi connectivity index (χ3v) is 7.51. The molecular weight excluding hydrogens is 484 g/mol. The van der Waals surface area contributed by atoms with Gasteiger partial charge in [-0.25, -0.2) is 4.79 Å². The molecule has 0 saturated carbocycles. The molecule has 7 rings (SSSR count). The summed E-state index contributed by atoms with van der Waals surface area (Å²) in [6, 6.07) is 37.9. The van der Waals surface area contributed by atoms with Gasteiger partial charge in [-0.3, -0.25) is 0 Å². The number of nitrogens with zero attached hydrogens (tertiary/aromatic N) is 1. The van der Waals surface area contributed by atoms with Gasteiger partial charge in [0.25, 0.3) is 0 Å². The van der Waals surface area contributed by atoms with Crippen LogP contribution in [0.15, 0.2) is 115 Å². The normalized spacial score (nSPS) is 14.1. The van der Waals surface area contributed by atoms with Crippen molar-refractivity contribution in [3.05, 3.63) is 138 Å². The van der Waals surface area contributed by atoms with Gasteiger partial charge in [0.15, 0.2) is 5.60 Å². The molecule has 5 heteroatoms. The highest BCUT2D eigenvalue weighted by molar-refractivity contribution is 6.06. The van der Waals surface area contributed by atoms with Crippen molar-refractivity contribution in [3.63, 3.8) is 0 Å². The number of hydrogen-bond donors (Lipinski definition) is 1. The molecule has 0 unspecified atom stereocenters. The third-order valence-electron chi connectivity index (χ3n) is 7.51. The van der Waals surface area contributed by atoms with Gasteiger partial charge in [0.1, 0.15) is 11.5 Å². The van der Waals surface area contributed by atoms with E-state index in [0.29, 0.717) is 17.1 Å². The van der Waals surface area contributed by atoms with E-state index in [1.54, 1.807) is 0 Å². The average Bonchev–Trinajstić information content (AvgIpc) is 3.28. The number of rotatable bonds is 4. The lowest BCUT2D eigenvalue weighted by Gasteiger charge is -2.37. The molecule has 0 fully saturated rings. The molecule has 190 valence electrons. The lowest BCUT2D eigenvalue weighted by Crippen LogP contribution is -2.33. The number of fused-ring (bicyclic) bond motifs is 6. The van der Waals surface area contributed by atoms with Crippen LogP contribution in [0.25, 0.3) is 11.1 Å². The maximum atomic E-state index is 14.0. The minimum absolute atomic E-state index is 0.361. The van der Waals surface area contributed by atoms with E-state index >= 15 is 0 Å². The van der Waals surface area contributed by atoms with Gasteiger partial charge in [-0.05, 0) is 53.6 Å². The monoisotopic (exact) mass is 510 g/mol. The van der Waals surface area contributed by atoms with E-state index < -0.39 is 5.60 Å². The number of carbonyl (C=O) groups is 1. The second kappa shape index (κ2) is 8.77. The highest BCUT2D eigenvalue weighted by Gasteiger charge is 2.55. The molecule has 5 aromatic rings. The van der Waals surface area contributed by atoms with Crippen molar-refractivity contribution in [1.82, 2.24) is 0 Å². The Morgan fingerprint density at radius 2 is 1.31 bits per heavy atom. The first-order chi connectivity index (χ1) is 19.1. The Morgan fingerprint density at radius 1 is 0.692 bits per heavy atom. The fourth-order valence-corrected chi connectivity index (χ4v) is 5.72. The molecule has 0 aliphatic carbocycles. The smallest absolute Gasteiger partial charge is 0.340 e. The fourth-order valence-electron chi connectivity index (χ4n) is 5.72. The molecule has 1 spiro atoms. The lowest BCUT2D eigenvalue weighted by molar-refractivity contribution is 0.0226. The maximum absolute atomic E-state index is 14.0. The largest absolute Gasteiger partial charge is 0.456 e. The standard InChI is InChI=1S/C34H26N2O3/c1-36(2)24-18-16-22(17-19-24)25-20-21-28(35-23-10-4-3-5-11-23)32-31(25)33(37)39-34(32)26-12-6-8-14-29(26)38-30-15-9-7-13-27(30)34/h3-21,35H,1-2H3. The predicted molar refractivity (Wildman–Crippen MR) is 154 cm³/mol. The van der Waals surface area contributed by atoms with Crippen LogP contribution in [-0.2, 0) is 10.3 Å². The van der Waals surface area contributed by atoms with Gasteiger partial charge in [-0.15, -0.1) is 0 Å². The third kappa shape index (κ3) is 3.51. The van der Waals surface area contributed by atoms with Crippen molar-refractivity contribution in [2.75, 3.05) is 24.3 Å². The molecule has 0 saturated heterocycles. The molecule has 0 radical (unpaired) electrons. The summed E-state index contributed by atoms with van der Waals surface area (Å²) in [6.45, 7) is 0. The zero-order valence-corrected chi connectivity index (χ0v) is 21.6. The van der Waals surface area contributed by atoms with E-state index in [1.807, 2.05) is 105 Å². The Labute approximate surface area is 227 Å². The summed E-state index contributed by atoms with van der Waals surface area (Å²) in [5.74, 6) is 0.978. The van der Waals surface area contributed by atoms with Crippen LogP contribution in [0.2, 0.25) is 0 Å². The molecular formula is C34H26N2O3. The van der Waals surface area contributed by atoms with Crippen LogP contribution in [0, 0.1) is 0 Å². The van der Waals surface area contributed by atoms with E-state index in [1.165, 1.54) is 0 Å². The predicted octanol–water partition coefficient (Wildman–Crippen LogP) is 7.73. The van der Waals surface area contributed by atoms with Gasteiger partial charge >= 0.3 is 5.97 Å². The Bertz CT molecular complexity index is 1680. The van der Waals surface area contributed by atoms with Gasteiger partial charge < -0.3 is 19.7 Å². The van der Waals surface area contributed by atoms with Gasteiger partial charge in [0, 0.05) is 47.8 Å². The number of anilines is 3. The topological polar surface area (TPSA) is 50.8 Å². The second-order valence-corrected chi connectivity index (χ2v) is 10.0. The average molecular weight is 511 g/mol. The number of para-hydroxylation sites is 3. The molecule has 5 nitrogen and oxygen atoms in total. The van der Waals surface area contributed by atoms with E-state index in [-0.39, 0.29) is 5.97 Å². The summed E-state index contributed by atoms with van der Waals surface area (Å²) in [4.78, 5) is 16.1. The summed E-state index contributed by atoms with van der Waals surface area (Å²) >= 11 is 0. The van der Waals surface area contributed by atoms with Crippen LogP contribution >= 0.6 is 0 Å². The van der Waals surface area contributed by atoms with Gasteiger partial charge in [-0.2, -0.15) is 0 Å². The van der Waals surface area contributed by atoms with Crippen molar-refractivity contribution >= 4 is 23.0 Å². The number of carbonyl (C=O) groups excluding carboxylic acids is 1. The summed E-state index contributed by atoms with van der Waals surface area (Å²) in [5, 5.41) is 3.58. The number of nitrogens with one attached hydrogen (secondary N) is 1. The highest BCUT2D eigenvalue weighted by atomic mass is 16.6. The molecule has 0 atom stereocenters. The zero-order chi connectivity index (χ0) is 26.6. The van der Waals surface area contributed by atoms with Gasteiger partial charge in [0.05, 0.1) is 5.56 Å². The lowest BCUT2D eigenvalue weighted by atomic mass is 9.76. The summed E-state index contributed by atoms with van der Waals surface area (Å²) < 4.78 is 12.9. The van der Waals surface area contributed by atoms with E-state index in [4.69, 9.17) is 9.47 Å². The highest BCUT2D eigenvalue weighted by Crippen LogP contribution is 2.59. The van der Waals surface area contributed by atoms with Crippen molar-refractivity contribution in [2.24, 2.45) is 0 Å². The fraction of sp³-hybridized carbons (Fsp3) is 0.0882. The van der Waals surface area contributed by atoms with Crippen LogP contribution in [0.4, 0.5) is 17.1 Å². The molecule has 2 aliphatic heterocycles. The molecule has 0 aromatic heterocycles. The maximum Gasteiger partial charge on any atom is 0.340 e. The minimum atomic E-state index is -1.17. The summed E-state index contributed by atoms with van der Waals surface area (Å²) in [6.07, 6.45) is 0. The van der Waals surface area contributed by atoms with Crippen molar-refractivity contribution in [3.8, 4) is 22.6 Å². The van der Waals surface area contributed by atoms with E-state index in [2.05, 4.69) is 34.5 Å². The van der Waals surface area contributed by atoms with Crippen molar-refractivity contribution in [2.45, 2.75) is 5.60 Å². The van der Waals surface area contributed by atoms with Gasteiger partial charge in [-0.1, -0.05) is 72.8 Å². The van der Waals surface area contributed by atoms with Crippen LogP contribution in [-0.4, -0.2) is 20.1 Å². The SMILES string of the molecule is CN(C)c1ccc(-c2ccc(Nc3ccccc3)c3c2C(=O)OC32c3ccccc3Oc3ccccc32)cc1. The molecule has 39 heavy (non-hydrogen) atoms. The summed E-state index contributed by atoms with van der Waals surface area (Å²) in [5.41, 5.74) is 6.36. The molecule has 0 bridgehead atoms. The Morgan fingerprint density at radius 3 is 1.95 bits per heavy atom. The molecule has 5 aromatic carbocycles.